The quantitative estimate of drug-likeness (QED) is 0.835. The normalized spacial score (nSPS) is 17.8. The molecule has 0 aliphatic carbocycles. The molecule has 1 amide bonds. The maximum Gasteiger partial charge on any atom is 0.316 e. The Hall–Kier alpha value is -2.44. The molecule has 1 fully saturated rings. The topological polar surface area (TPSA) is 81.4 Å². The summed E-state index contributed by atoms with van der Waals surface area (Å²) in [6, 6.07) is 2.12. The molecule has 1 aliphatic heterocycles. The van der Waals surface area contributed by atoms with E-state index in [-0.39, 0.29) is 12.0 Å². The molecule has 0 bridgehead atoms. The number of carbonyl (C=O) groups is 1. The monoisotopic (exact) mass is 330 g/mol. The molecule has 1 saturated heterocycles. The highest BCUT2D eigenvalue weighted by Gasteiger charge is 2.25. The number of aromatic nitrogens is 3. The van der Waals surface area contributed by atoms with E-state index in [0.29, 0.717) is 25.4 Å². The van der Waals surface area contributed by atoms with Crippen LogP contribution >= 0.6 is 0 Å². The highest BCUT2D eigenvalue weighted by atomic mass is 16.5. The highest BCUT2D eigenvalue weighted by Crippen LogP contribution is 2.18. The van der Waals surface area contributed by atoms with Crippen LogP contribution in [0.25, 0.3) is 0 Å². The van der Waals surface area contributed by atoms with Gasteiger partial charge < -0.3 is 14.2 Å². The number of amides is 1. The van der Waals surface area contributed by atoms with Gasteiger partial charge >= 0.3 is 6.01 Å². The van der Waals surface area contributed by atoms with Gasteiger partial charge in [0.05, 0.1) is 12.2 Å². The lowest BCUT2D eigenvalue weighted by Crippen LogP contribution is -2.44. The first-order chi connectivity index (χ1) is 11.6. The third kappa shape index (κ3) is 3.90. The average Bonchev–Trinajstić information content (AvgIpc) is 2.92. The summed E-state index contributed by atoms with van der Waals surface area (Å²) in [6.07, 6.45) is 6.20. The van der Waals surface area contributed by atoms with E-state index in [1.165, 1.54) is 0 Å². The second kappa shape index (κ2) is 7.42. The fraction of sp³-hybridized carbons (Fsp3) is 0.529. The van der Waals surface area contributed by atoms with Gasteiger partial charge in [-0.1, -0.05) is 5.16 Å². The van der Waals surface area contributed by atoms with Crippen molar-refractivity contribution in [2.24, 2.45) is 0 Å². The van der Waals surface area contributed by atoms with Crippen molar-refractivity contribution in [1.29, 1.82) is 0 Å². The van der Waals surface area contributed by atoms with Crippen molar-refractivity contribution in [1.82, 2.24) is 20.0 Å². The van der Waals surface area contributed by atoms with Crippen molar-refractivity contribution in [3.8, 4) is 6.01 Å². The van der Waals surface area contributed by atoms with Crippen LogP contribution in [0.2, 0.25) is 0 Å². The lowest BCUT2D eigenvalue weighted by Gasteiger charge is -2.32. The Bertz CT molecular complexity index is 667. The van der Waals surface area contributed by atoms with Gasteiger partial charge in [0.25, 0.3) is 0 Å². The van der Waals surface area contributed by atoms with Gasteiger partial charge in [-0.15, -0.1) is 0 Å². The summed E-state index contributed by atoms with van der Waals surface area (Å²) in [6.45, 7) is 5.14. The molecule has 3 heterocycles. The van der Waals surface area contributed by atoms with E-state index < -0.39 is 0 Å². The number of aryl methyl sites for hydroxylation is 2. The molecular weight excluding hydrogens is 308 g/mol. The molecule has 2 aromatic rings. The van der Waals surface area contributed by atoms with Crippen LogP contribution in [0.5, 0.6) is 6.01 Å². The lowest BCUT2D eigenvalue weighted by molar-refractivity contribution is -0.133. The predicted octanol–water partition coefficient (Wildman–Crippen LogP) is 2.08. The molecule has 3 rings (SSSR count). The van der Waals surface area contributed by atoms with Crippen LogP contribution < -0.4 is 4.74 Å². The Morgan fingerprint density at radius 1 is 1.38 bits per heavy atom. The zero-order valence-electron chi connectivity index (χ0n) is 14.1. The van der Waals surface area contributed by atoms with Gasteiger partial charge in [-0.2, -0.15) is 0 Å². The molecule has 1 atom stereocenters. The van der Waals surface area contributed by atoms with Crippen LogP contribution in [0.1, 0.15) is 36.3 Å². The molecule has 0 unspecified atom stereocenters. The van der Waals surface area contributed by atoms with Gasteiger partial charge in [-0.25, -0.2) is 9.97 Å². The van der Waals surface area contributed by atoms with Gasteiger partial charge in [0, 0.05) is 30.9 Å². The molecule has 0 radical (unpaired) electrons. The summed E-state index contributed by atoms with van der Waals surface area (Å²) in [4.78, 5) is 22.5. The standard InChI is InChI=1S/C17H22N4O3/c1-12-15(13(2)24-20-12)6-7-16(22)21-10-3-5-14(11-21)23-17-18-8-4-9-19-17/h4,8-9,14H,3,5-7,10-11H2,1-2H3/t14-/m1/s1. The molecular formula is C17H22N4O3. The fourth-order valence-electron chi connectivity index (χ4n) is 3.01. The van der Waals surface area contributed by atoms with Gasteiger partial charge in [0.2, 0.25) is 5.91 Å². The van der Waals surface area contributed by atoms with E-state index in [2.05, 4.69) is 15.1 Å². The van der Waals surface area contributed by atoms with Crippen molar-refractivity contribution in [2.45, 2.75) is 45.6 Å². The number of nitrogens with zero attached hydrogens (tertiary/aromatic N) is 4. The minimum Gasteiger partial charge on any atom is -0.458 e. The Labute approximate surface area is 141 Å². The fourth-order valence-corrected chi connectivity index (χ4v) is 3.01. The van der Waals surface area contributed by atoms with Gasteiger partial charge in [-0.3, -0.25) is 4.79 Å². The zero-order valence-corrected chi connectivity index (χ0v) is 14.1. The summed E-state index contributed by atoms with van der Waals surface area (Å²) in [5.41, 5.74) is 1.90. The predicted molar refractivity (Wildman–Crippen MR) is 86.6 cm³/mol. The van der Waals surface area contributed by atoms with Crippen LogP contribution in [0, 0.1) is 13.8 Å². The van der Waals surface area contributed by atoms with Crippen molar-refractivity contribution in [3.05, 3.63) is 35.5 Å². The molecule has 0 aromatic carbocycles. The third-order valence-corrected chi connectivity index (χ3v) is 4.32. The number of ether oxygens (including phenoxy) is 1. The molecule has 1 aliphatic rings. The van der Waals surface area contributed by atoms with Gasteiger partial charge in [0.15, 0.2) is 0 Å². The Morgan fingerprint density at radius 3 is 2.88 bits per heavy atom. The number of piperidine rings is 1. The first-order valence-corrected chi connectivity index (χ1v) is 8.26. The number of hydrogen-bond acceptors (Lipinski definition) is 6. The molecule has 0 spiro atoms. The zero-order chi connectivity index (χ0) is 16.9. The summed E-state index contributed by atoms with van der Waals surface area (Å²) in [5.74, 6) is 0.929. The molecule has 0 saturated carbocycles. The second-order valence-electron chi connectivity index (χ2n) is 6.06. The van der Waals surface area contributed by atoms with Crippen molar-refractivity contribution < 1.29 is 14.1 Å². The van der Waals surface area contributed by atoms with Crippen LogP contribution in [0.15, 0.2) is 23.0 Å². The number of likely N-dealkylation sites (tertiary alicyclic amines) is 1. The minimum atomic E-state index is -0.0517. The molecule has 24 heavy (non-hydrogen) atoms. The number of carbonyl (C=O) groups excluding carboxylic acids is 1. The van der Waals surface area contributed by atoms with E-state index in [4.69, 9.17) is 9.26 Å². The van der Waals surface area contributed by atoms with Crippen LogP contribution in [0.4, 0.5) is 0 Å². The molecule has 128 valence electrons. The van der Waals surface area contributed by atoms with E-state index in [9.17, 15) is 4.79 Å². The van der Waals surface area contributed by atoms with E-state index in [0.717, 1.165) is 36.4 Å². The van der Waals surface area contributed by atoms with Crippen LogP contribution in [-0.2, 0) is 11.2 Å². The largest absolute Gasteiger partial charge is 0.458 e. The van der Waals surface area contributed by atoms with E-state index in [1.54, 1.807) is 18.5 Å². The summed E-state index contributed by atoms with van der Waals surface area (Å²) in [5, 5.41) is 3.93. The molecule has 0 N–H and O–H groups in total. The van der Waals surface area contributed by atoms with Gasteiger partial charge in [-0.05, 0) is 39.2 Å². The van der Waals surface area contributed by atoms with Gasteiger partial charge in [0.1, 0.15) is 11.9 Å². The average molecular weight is 330 g/mol. The third-order valence-electron chi connectivity index (χ3n) is 4.32. The SMILES string of the molecule is Cc1noc(C)c1CCC(=O)N1CCC[C@@H](Oc2ncccn2)C1. The van der Waals surface area contributed by atoms with E-state index >= 15 is 0 Å². The summed E-state index contributed by atoms with van der Waals surface area (Å²) in [7, 11) is 0. The lowest BCUT2D eigenvalue weighted by atomic mass is 10.1. The Kier molecular flexibility index (Phi) is 5.08. The molecule has 7 heteroatoms. The first-order valence-electron chi connectivity index (χ1n) is 8.26. The molecule has 7 nitrogen and oxygen atoms in total. The van der Waals surface area contributed by atoms with Crippen molar-refractivity contribution >= 4 is 5.91 Å². The Balaban J connectivity index is 1.53. The van der Waals surface area contributed by atoms with Crippen molar-refractivity contribution in [3.63, 3.8) is 0 Å². The minimum absolute atomic E-state index is 0.0517. The first kappa shape index (κ1) is 16.4. The molecule has 2 aromatic heterocycles. The van der Waals surface area contributed by atoms with Crippen LogP contribution in [-0.4, -0.2) is 45.1 Å². The maximum absolute atomic E-state index is 12.5. The Morgan fingerprint density at radius 2 is 2.17 bits per heavy atom. The number of hydrogen-bond donors (Lipinski definition) is 0. The smallest absolute Gasteiger partial charge is 0.316 e. The highest BCUT2D eigenvalue weighted by molar-refractivity contribution is 5.76. The van der Waals surface area contributed by atoms with Crippen molar-refractivity contribution in [2.75, 3.05) is 13.1 Å². The summed E-state index contributed by atoms with van der Waals surface area (Å²) >= 11 is 0. The maximum atomic E-state index is 12.5. The van der Waals surface area contributed by atoms with E-state index in [1.807, 2.05) is 18.7 Å². The summed E-state index contributed by atoms with van der Waals surface area (Å²) < 4.78 is 10.9. The second-order valence-corrected chi connectivity index (χ2v) is 6.06. The number of rotatable bonds is 5. The van der Waals surface area contributed by atoms with Crippen LogP contribution in [0.3, 0.4) is 0 Å².